The lowest BCUT2D eigenvalue weighted by Crippen LogP contribution is -2.23. The van der Waals surface area contributed by atoms with E-state index in [-0.39, 0.29) is 11.7 Å². The quantitative estimate of drug-likeness (QED) is 0.873. The number of nitrogens with two attached hydrogens (primary N) is 1. The monoisotopic (exact) mass is 271 g/mol. The van der Waals surface area contributed by atoms with Crippen LogP contribution in [0.15, 0.2) is 36.7 Å². The van der Waals surface area contributed by atoms with Gasteiger partial charge >= 0.3 is 0 Å². The molecule has 1 aromatic carbocycles. The Kier molecular flexibility index (Phi) is 3.26. The third-order valence-corrected chi connectivity index (χ3v) is 3.82. The van der Waals surface area contributed by atoms with Gasteiger partial charge in [0.25, 0.3) is 0 Å². The van der Waals surface area contributed by atoms with Crippen LogP contribution in [0.25, 0.3) is 11.1 Å². The molecule has 1 atom stereocenters. The molecule has 0 saturated carbocycles. The molecule has 2 aromatic rings. The number of ether oxygens (including phenoxy) is 1. The molecule has 4 heteroatoms. The normalized spacial score (nSPS) is 21.2. The smallest absolute Gasteiger partial charge is 0.0779 e. The highest BCUT2D eigenvalue weighted by molar-refractivity contribution is 5.63. The molecule has 1 aromatic heterocycles. The van der Waals surface area contributed by atoms with Crippen LogP contribution in [0, 0.1) is 0 Å². The highest BCUT2D eigenvalue weighted by atomic mass is 16.5. The first-order valence-corrected chi connectivity index (χ1v) is 7.08. The van der Waals surface area contributed by atoms with E-state index in [0.717, 1.165) is 36.2 Å². The molecule has 0 spiro atoms. The Morgan fingerprint density at radius 2 is 2.05 bits per heavy atom. The molecule has 106 valence electrons. The first kappa shape index (κ1) is 13.2. The van der Waals surface area contributed by atoms with Crippen LogP contribution in [0.3, 0.4) is 0 Å². The number of aromatic nitrogens is 2. The molecule has 3 rings (SSSR count). The van der Waals surface area contributed by atoms with Crippen LogP contribution >= 0.6 is 0 Å². The lowest BCUT2D eigenvalue weighted by atomic mass is 10.1. The minimum Gasteiger partial charge on any atom is -0.399 e. The molecule has 2 heterocycles. The summed E-state index contributed by atoms with van der Waals surface area (Å²) in [6.45, 7) is 5.12. The molecule has 1 fully saturated rings. The lowest BCUT2D eigenvalue weighted by Gasteiger charge is -2.19. The van der Waals surface area contributed by atoms with Crippen molar-refractivity contribution >= 4 is 5.69 Å². The van der Waals surface area contributed by atoms with Crippen molar-refractivity contribution in [2.45, 2.75) is 44.9 Å². The predicted octanol–water partition coefficient (Wildman–Crippen LogP) is 3.09. The number of hydrogen-bond donors (Lipinski definition) is 1. The number of rotatable bonds is 3. The summed E-state index contributed by atoms with van der Waals surface area (Å²) in [5.41, 5.74) is 8.75. The zero-order chi connectivity index (χ0) is 14.2. The molecular weight excluding hydrogens is 250 g/mol. The molecule has 4 nitrogen and oxygen atoms in total. The minimum absolute atomic E-state index is 0.0115. The standard InChI is InChI=1S/C16H21N3O/c1-16(2)8-7-15(20-16)11-19-10-13(9-18-19)12-3-5-14(17)6-4-12/h3-6,9-10,15H,7-8,11,17H2,1-2H3. The average Bonchev–Trinajstić information content (AvgIpc) is 2.98. The topological polar surface area (TPSA) is 53.1 Å². The van der Waals surface area contributed by atoms with Gasteiger partial charge in [-0.1, -0.05) is 12.1 Å². The van der Waals surface area contributed by atoms with Gasteiger partial charge in [0, 0.05) is 17.4 Å². The summed E-state index contributed by atoms with van der Waals surface area (Å²) >= 11 is 0. The lowest BCUT2D eigenvalue weighted by molar-refractivity contribution is -0.0229. The number of nitrogens with zero attached hydrogens (tertiary/aromatic N) is 2. The number of benzene rings is 1. The maximum atomic E-state index is 6.01. The van der Waals surface area contributed by atoms with Crippen LogP contribution in [0.4, 0.5) is 5.69 Å². The van der Waals surface area contributed by atoms with Crippen LogP contribution in [0.1, 0.15) is 26.7 Å². The molecule has 0 radical (unpaired) electrons. The summed E-state index contributed by atoms with van der Waals surface area (Å²) in [5, 5.41) is 4.43. The third-order valence-electron chi connectivity index (χ3n) is 3.82. The molecule has 1 aliphatic heterocycles. The van der Waals surface area contributed by atoms with Crippen molar-refractivity contribution in [2.75, 3.05) is 5.73 Å². The van der Waals surface area contributed by atoms with E-state index in [1.165, 1.54) is 0 Å². The van der Waals surface area contributed by atoms with E-state index in [4.69, 9.17) is 10.5 Å². The number of anilines is 1. The second kappa shape index (κ2) is 4.94. The van der Waals surface area contributed by atoms with Crippen LogP contribution in [0.2, 0.25) is 0 Å². The molecule has 20 heavy (non-hydrogen) atoms. The Morgan fingerprint density at radius 1 is 1.30 bits per heavy atom. The van der Waals surface area contributed by atoms with Crippen molar-refractivity contribution in [3.8, 4) is 11.1 Å². The summed E-state index contributed by atoms with van der Waals surface area (Å²) < 4.78 is 7.98. The molecule has 1 aliphatic rings. The van der Waals surface area contributed by atoms with Crippen LogP contribution in [0.5, 0.6) is 0 Å². The van der Waals surface area contributed by atoms with Crippen molar-refractivity contribution in [3.63, 3.8) is 0 Å². The first-order chi connectivity index (χ1) is 9.52. The molecule has 0 bridgehead atoms. The van der Waals surface area contributed by atoms with Crippen molar-refractivity contribution in [1.82, 2.24) is 9.78 Å². The highest BCUT2D eigenvalue weighted by Crippen LogP contribution is 2.30. The largest absolute Gasteiger partial charge is 0.399 e. The molecule has 2 N–H and O–H groups in total. The van der Waals surface area contributed by atoms with Crippen LogP contribution in [-0.4, -0.2) is 21.5 Å². The second-order valence-electron chi connectivity index (χ2n) is 6.11. The molecular formula is C16H21N3O. The Labute approximate surface area is 119 Å². The Morgan fingerprint density at radius 3 is 2.70 bits per heavy atom. The maximum Gasteiger partial charge on any atom is 0.0779 e. The Bertz CT molecular complexity index is 586. The van der Waals surface area contributed by atoms with Crippen molar-refractivity contribution in [3.05, 3.63) is 36.7 Å². The van der Waals surface area contributed by atoms with Gasteiger partial charge in [-0.3, -0.25) is 4.68 Å². The van der Waals surface area contributed by atoms with E-state index in [1.54, 1.807) is 0 Å². The fourth-order valence-corrected chi connectivity index (χ4v) is 2.70. The van der Waals surface area contributed by atoms with E-state index >= 15 is 0 Å². The molecule has 0 amide bonds. The zero-order valence-electron chi connectivity index (χ0n) is 12.0. The van der Waals surface area contributed by atoms with Crippen LogP contribution < -0.4 is 5.73 Å². The fourth-order valence-electron chi connectivity index (χ4n) is 2.70. The van der Waals surface area contributed by atoms with Gasteiger partial charge in [-0.05, 0) is 44.4 Å². The molecule has 1 unspecified atom stereocenters. The van der Waals surface area contributed by atoms with Gasteiger partial charge in [0.1, 0.15) is 0 Å². The van der Waals surface area contributed by atoms with Gasteiger partial charge in [-0.2, -0.15) is 5.10 Å². The van der Waals surface area contributed by atoms with E-state index < -0.39 is 0 Å². The summed E-state index contributed by atoms with van der Waals surface area (Å²) in [4.78, 5) is 0. The Balaban J connectivity index is 1.70. The number of nitrogen functional groups attached to an aromatic ring is 1. The zero-order valence-corrected chi connectivity index (χ0v) is 12.0. The van der Waals surface area contributed by atoms with E-state index in [1.807, 2.05) is 35.1 Å². The van der Waals surface area contributed by atoms with Gasteiger partial charge in [0.05, 0.1) is 24.4 Å². The van der Waals surface area contributed by atoms with E-state index in [0.29, 0.717) is 0 Å². The Hall–Kier alpha value is -1.81. The van der Waals surface area contributed by atoms with E-state index in [2.05, 4.69) is 25.1 Å². The van der Waals surface area contributed by atoms with Gasteiger partial charge in [0.2, 0.25) is 0 Å². The van der Waals surface area contributed by atoms with E-state index in [9.17, 15) is 0 Å². The van der Waals surface area contributed by atoms with Gasteiger partial charge in [0.15, 0.2) is 0 Å². The van der Waals surface area contributed by atoms with Crippen LogP contribution in [-0.2, 0) is 11.3 Å². The molecule has 0 aliphatic carbocycles. The van der Waals surface area contributed by atoms with Crippen molar-refractivity contribution in [1.29, 1.82) is 0 Å². The van der Waals surface area contributed by atoms with Crippen molar-refractivity contribution in [2.24, 2.45) is 0 Å². The summed E-state index contributed by atoms with van der Waals surface area (Å²) in [6.07, 6.45) is 6.45. The summed E-state index contributed by atoms with van der Waals surface area (Å²) in [7, 11) is 0. The van der Waals surface area contributed by atoms with Gasteiger partial charge in [-0.15, -0.1) is 0 Å². The fraction of sp³-hybridized carbons (Fsp3) is 0.438. The summed E-state index contributed by atoms with van der Waals surface area (Å²) in [5.74, 6) is 0. The van der Waals surface area contributed by atoms with Crippen molar-refractivity contribution < 1.29 is 4.74 Å². The SMILES string of the molecule is CC1(C)CCC(Cn2cc(-c3ccc(N)cc3)cn2)O1. The van der Waals surface area contributed by atoms with Gasteiger partial charge in [-0.25, -0.2) is 0 Å². The predicted molar refractivity (Wildman–Crippen MR) is 80.3 cm³/mol. The number of hydrogen-bond acceptors (Lipinski definition) is 3. The average molecular weight is 271 g/mol. The first-order valence-electron chi connectivity index (χ1n) is 7.08. The second-order valence-corrected chi connectivity index (χ2v) is 6.11. The molecule has 1 saturated heterocycles. The highest BCUT2D eigenvalue weighted by Gasteiger charge is 2.31. The van der Waals surface area contributed by atoms with Gasteiger partial charge < -0.3 is 10.5 Å². The minimum atomic E-state index is 0.0115. The maximum absolute atomic E-state index is 6.01. The third kappa shape index (κ3) is 2.85. The summed E-state index contributed by atoms with van der Waals surface area (Å²) in [6, 6.07) is 7.86.